The second-order valence-electron chi connectivity index (χ2n) is 9.29. The van der Waals surface area contributed by atoms with Crippen LogP contribution in [0.2, 0.25) is 0 Å². The molecule has 2 unspecified atom stereocenters. The Kier molecular flexibility index (Phi) is 5.74. The van der Waals surface area contributed by atoms with Crippen LogP contribution in [0.25, 0.3) is 0 Å². The third-order valence-corrected chi connectivity index (χ3v) is 8.17. The number of carbonyl (C=O) groups is 2. The number of β-lactam (4-membered cyclic amide) rings is 1. The molecule has 2 aliphatic rings. The average Bonchev–Trinajstić information content (AvgIpc) is 3.08. The summed E-state index contributed by atoms with van der Waals surface area (Å²) in [7, 11) is 0. The lowest BCUT2D eigenvalue weighted by Crippen LogP contribution is -2.72. The zero-order chi connectivity index (χ0) is 23.9. The van der Waals surface area contributed by atoms with Gasteiger partial charge in [-0.05, 0) is 30.5 Å². The molecule has 2 saturated heterocycles. The number of amides is 1. The first-order valence-electron chi connectivity index (χ1n) is 11.5. The molecule has 174 valence electrons. The van der Waals surface area contributed by atoms with E-state index in [1.54, 1.807) is 16.7 Å². The number of ether oxygens (including phenoxy) is 1. The lowest BCUT2D eigenvalue weighted by molar-refractivity contribution is -0.176. The SMILES string of the molecule is CC(=O)OC1N2C(=O)C(NC(c3ccccc3)(c3ccccc3)c3ccccc3)[C@H]2SC1(C)C. The van der Waals surface area contributed by atoms with Crippen LogP contribution in [0.15, 0.2) is 91.0 Å². The van der Waals surface area contributed by atoms with Crippen molar-refractivity contribution in [3.63, 3.8) is 0 Å². The smallest absolute Gasteiger partial charge is 0.304 e. The predicted octanol–water partition coefficient (Wildman–Crippen LogP) is 4.52. The van der Waals surface area contributed by atoms with Crippen LogP contribution in [0.3, 0.4) is 0 Å². The van der Waals surface area contributed by atoms with E-state index in [9.17, 15) is 9.59 Å². The summed E-state index contributed by atoms with van der Waals surface area (Å²) < 4.78 is 5.18. The molecule has 5 nitrogen and oxygen atoms in total. The van der Waals surface area contributed by atoms with Gasteiger partial charge in [-0.25, -0.2) is 0 Å². The molecule has 3 aromatic carbocycles. The van der Waals surface area contributed by atoms with Gasteiger partial charge >= 0.3 is 5.97 Å². The van der Waals surface area contributed by atoms with Crippen molar-refractivity contribution >= 4 is 23.6 Å². The van der Waals surface area contributed by atoms with Crippen LogP contribution in [0.5, 0.6) is 0 Å². The Bertz CT molecular complexity index is 1090. The van der Waals surface area contributed by atoms with Gasteiger partial charge in [0.25, 0.3) is 0 Å². The molecule has 5 rings (SSSR count). The minimum atomic E-state index is -0.736. The highest BCUT2D eigenvalue weighted by molar-refractivity contribution is 8.01. The molecule has 0 aliphatic carbocycles. The second kappa shape index (κ2) is 8.60. The average molecular weight is 473 g/mol. The number of rotatable bonds is 6. The molecule has 2 fully saturated rings. The standard InChI is InChI=1S/C28H28N2O3S/c1-19(31)33-26-27(2,3)34-25-23(24(32)30(25)26)29-28(20-13-7-4-8-14-20,21-15-9-5-10-16-21)22-17-11-6-12-18-22/h4-18,23,25-26,29H,1-3H3/t23?,25-,26?/m1/s1. The quantitative estimate of drug-likeness (QED) is 0.325. The Morgan fingerprint density at radius 2 is 1.32 bits per heavy atom. The van der Waals surface area contributed by atoms with Crippen molar-refractivity contribution < 1.29 is 14.3 Å². The van der Waals surface area contributed by atoms with Crippen molar-refractivity contribution in [1.82, 2.24) is 10.2 Å². The molecule has 3 atom stereocenters. The van der Waals surface area contributed by atoms with Crippen LogP contribution in [-0.4, -0.2) is 39.2 Å². The molecule has 1 amide bonds. The third-order valence-electron chi connectivity index (χ3n) is 6.62. The molecule has 0 radical (unpaired) electrons. The Morgan fingerprint density at radius 3 is 1.74 bits per heavy atom. The summed E-state index contributed by atoms with van der Waals surface area (Å²) in [5.41, 5.74) is 2.42. The van der Waals surface area contributed by atoms with Gasteiger partial charge in [-0.15, -0.1) is 11.8 Å². The Balaban J connectivity index is 1.61. The number of carbonyl (C=O) groups excluding carboxylic acids is 2. The van der Waals surface area contributed by atoms with Crippen LogP contribution in [-0.2, 0) is 19.9 Å². The zero-order valence-electron chi connectivity index (χ0n) is 19.5. The number of fused-ring (bicyclic) bond motifs is 1. The van der Waals surface area contributed by atoms with Crippen LogP contribution in [0.4, 0.5) is 0 Å². The van der Waals surface area contributed by atoms with Crippen LogP contribution in [0, 0.1) is 0 Å². The number of esters is 1. The van der Waals surface area contributed by atoms with Crippen molar-refractivity contribution in [2.45, 2.75) is 48.7 Å². The van der Waals surface area contributed by atoms with Crippen molar-refractivity contribution in [2.75, 3.05) is 0 Å². The summed E-state index contributed by atoms with van der Waals surface area (Å²) in [6.07, 6.45) is -0.579. The second-order valence-corrected chi connectivity index (χ2v) is 11.1. The van der Waals surface area contributed by atoms with E-state index in [0.29, 0.717) is 0 Å². The maximum absolute atomic E-state index is 13.6. The lowest BCUT2D eigenvalue weighted by Gasteiger charge is -2.49. The normalized spacial score (nSPS) is 23.2. The maximum Gasteiger partial charge on any atom is 0.304 e. The fraction of sp³-hybridized carbons (Fsp3) is 0.286. The third kappa shape index (κ3) is 3.62. The van der Waals surface area contributed by atoms with Gasteiger partial charge in [0.05, 0.1) is 10.3 Å². The molecule has 6 heteroatoms. The van der Waals surface area contributed by atoms with E-state index in [2.05, 4.69) is 41.7 Å². The summed E-state index contributed by atoms with van der Waals surface area (Å²) in [5.74, 6) is -0.433. The first kappa shape index (κ1) is 22.7. The number of nitrogens with one attached hydrogen (secondary N) is 1. The molecule has 3 aromatic rings. The molecule has 0 bridgehead atoms. The fourth-order valence-electron chi connectivity index (χ4n) is 5.10. The topological polar surface area (TPSA) is 58.6 Å². The van der Waals surface area contributed by atoms with Gasteiger partial charge in [0.15, 0.2) is 6.23 Å². The highest BCUT2D eigenvalue weighted by Gasteiger charge is 2.64. The minimum absolute atomic E-state index is 0.0542. The van der Waals surface area contributed by atoms with E-state index in [1.165, 1.54) is 6.92 Å². The van der Waals surface area contributed by atoms with Gasteiger partial charge in [-0.3, -0.25) is 19.8 Å². The number of nitrogens with zero attached hydrogens (tertiary/aromatic N) is 1. The Morgan fingerprint density at radius 1 is 0.882 bits per heavy atom. The number of thioether (sulfide) groups is 1. The largest absolute Gasteiger partial charge is 0.440 e. The first-order valence-corrected chi connectivity index (χ1v) is 12.3. The molecule has 2 aliphatic heterocycles. The van der Waals surface area contributed by atoms with Crippen molar-refractivity contribution in [1.29, 1.82) is 0 Å². The summed E-state index contributed by atoms with van der Waals surface area (Å²) in [4.78, 5) is 27.0. The van der Waals surface area contributed by atoms with Gasteiger partial charge < -0.3 is 4.74 Å². The molecule has 0 aromatic heterocycles. The number of benzene rings is 3. The van der Waals surface area contributed by atoms with E-state index in [0.717, 1.165) is 16.7 Å². The summed E-state index contributed by atoms with van der Waals surface area (Å²) in [6, 6.07) is 30.3. The van der Waals surface area contributed by atoms with Gasteiger partial charge in [0.2, 0.25) is 5.91 Å². The number of hydrogen-bond acceptors (Lipinski definition) is 5. The van der Waals surface area contributed by atoms with E-state index < -0.39 is 22.6 Å². The van der Waals surface area contributed by atoms with E-state index >= 15 is 0 Å². The molecular weight excluding hydrogens is 444 g/mol. The lowest BCUT2D eigenvalue weighted by atomic mass is 9.76. The molecule has 1 N–H and O–H groups in total. The molecule has 0 spiro atoms. The highest BCUT2D eigenvalue weighted by atomic mass is 32.2. The zero-order valence-corrected chi connectivity index (χ0v) is 20.3. The van der Waals surface area contributed by atoms with E-state index in [4.69, 9.17) is 4.74 Å². The molecular formula is C28H28N2O3S. The Hall–Kier alpha value is -3.09. The molecule has 0 saturated carbocycles. The van der Waals surface area contributed by atoms with Gasteiger partial charge in [-0.2, -0.15) is 0 Å². The van der Waals surface area contributed by atoms with Crippen molar-refractivity contribution in [3.8, 4) is 0 Å². The van der Waals surface area contributed by atoms with Crippen molar-refractivity contribution in [3.05, 3.63) is 108 Å². The van der Waals surface area contributed by atoms with Gasteiger partial charge in [0.1, 0.15) is 11.4 Å². The molecule has 34 heavy (non-hydrogen) atoms. The first-order chi connectivity index (χ1) is 16.3. The summed E-state index contributed by atoms with van der Waals surface area (Å²) >= 11 is 1.67. The molecule has 2 heterocycles. The van der Waals surface area contributed by atoms with Crippen molar-refractivity contribution in [2.24, 2.45) is 0 Å². The van der Waals surface area contributed by atoms with Gasteiger partial charge in [0, 0.05) is 6.92 Å². The minimum Gasteiger partial charge on any atom is -0.440 e. The van der Waals surface area contributed by atoms with Crippen LogP contribution >= 0.6 is 11.8 Å². The summed E-state index contributed by atoms with van der Waals surface area (Å²) in [6.45, 7) is 5.43. The fourth-order valence-corrected chi connectivity index (χ4v) is 6.65. The van der Waals surface area contributed by atoms with E-state index in [1.807, 2.05) is 68.4 Å². The Labute approximate surface area is 204 Å². The highest BCUT2D eigenvalue weighted by Crippen LogP contribution is 2.52. The summed E-state index contributed by atoms with van der Waals surface area (Å²) in [5, 5.41) is 3.66. The predicted molar refractivity (Wildman–Crippen MR) is 134 cm³/mol. The van der Waals surface area contributed by atoms with Crippen LogP contribution < -0.4 is 5.32 Å². The van der Waals surface area contributed by atoms with Crippen LogP contribution in [0.1, 0.15) is 37.5 Å². The monoisotopic (exact) mass is 472 g/mol. The van der Waals surface area contributed by atoms with E-state index in [-0.39, 0.29) is 17.3 Å². The number of hydrogen-bond donors (Lipinski definition) is 1. The van der Waals surface area contributed by atoms with Gasteiger partial charge in [-0.1, -0.05) is 91.0 Å². The maximum atomic E-state index is 13.6.